The van der Waals surface area contributed by atoms with Crippen LogP contribution in [0.5, 0.6) is 5.75 Å². The zero-order valence-electron chi connectivity index (χ0n) is 15.2. The number of benzene rings is 1. The molecule has 3 rings (SSSR count). The van der Waals surface area contributed by atoms with Crippen LogP contribution in [0.1, 0.15) is 51.7 Å². The van der Waals surface area contributed by atoms with Gasteiger partial charge in [-0.1, -0.05) is 32.9 Å². The predicted octanol–water partition coefficient (Wildman–Crippen LogP) is 3.58. The van der Waals surface area contributed by atoms with Gasteiger partial charge in [0.1, 0.15) is 11.9 Å². The Bertz CT molecular complexity index is 651. The van der Waals surface area contributed by atoms with Gasteiger partial charge in [-0.2, -0.15) is 0 Å². The Hall–Kier alpha value is -2.04. The topological polar surface area (TPSA) is 61.8 Å². The predicted molar refractivity (Wildman–Crippen MR) is 91.6 cm³/mol. The molecule has 2 aliphatic rings. The van der Waals surface area contributed by atoms with Crippen LogP contribution in [0.3, 0.4) is 0 Å². The van der Waals surface area contributed by atoms with Crippen molar-refractivity contribution in [1.82, 2.24) is 0 Å². The molecular formula is C20H25O5. The zero-order valence-corrected chi connectivity index (χ0v) is 15.2. The lowest BCUT2D eigenvalue weighted by Crippen LogP contribution is -2.39. The van der Waals surface area contributed by atoms with Gasteiger partial charge in [0.2, 0.25) is 6.10 Å². The standard InChI is InChI=1S/C20H25O5/c1-19(2)14-9-10-20(19,3)16(11-14)25-18(22)17(24-12-21)13-5-7-15(23-4)8-6-13/h5-8,14,16-17H,9-11H2,1-4H3. The van der Waals surface area contributed by atoms with Crippen molar-refractivity contribution in [2.24, 2.45) is 16.7 Å². The van der Waals surface area contributed by atoms with Gasteiger partial charge in [0.15, 0.2) is 0 Å². The number of hydrogen-bond acceptors (Lipinski definition) is 5. The van der Waals surface area contributed by atoms with Crippen LogP contribution in [-0.2, 0) is 19.1 Å². The molecular weight excluding hydrogens is 320 g/mol. The number of fused-ring (bicyclic) bond motifs is 2. The van der Waals surface area contributed by atoms with E-state index in [9.17, 15) is 9.59 Å². The highest BCUT2D eigenvalue weighted by atomic mass is 16.6. The lowest BCUT2D eigenvalue weighted by Gasteiger charge is -2.38. The second kappa shape index (κ2) is 6.36. The summed E-state index contributed by atoms with van der Waals surface area (Å²) in [6.07, 6.45) is 1.85. The van der Waals surface area contributed by atoms with E-state index in [1.165, 1.54) is 12.9 Å². The fourth-order valence-electron chi connectivity index (χ4n) is 4.59. The highest BCUT2D eigenvalue weighted by Gasteiger charge is 2.63. The second-order valence-electron chi connectivity index (χ2n) is 7.89. The Labute approximate surface area is 148 Å². The number of methoxy groups -OCH3 is 1. The van der Waals surface area contributed by atoms with Crippen molar-refractivity contribution < 1.29 is 23.8 Å². The molecule has 0 saturated heterocycles. The molecule has 0 amide bonds. The van der Waals surface area contributed by atoms with Gasteiger partial charge in [-0.3, -0.25) is 0 Å². The molecule has 5 heteroatoms. The molecule has 0 spiro atoms. The van der Waals surface area contributed by atoms with Crippen molar-refractivity contribution in [2.45, 2.75) is 52.2 Å². The summed E-state index contributed by atoms with van der Waals surface area (Å²) < 4.78 is 15.9. The van der Waals surface area contributed by atoms with Crippen molar-refractivity contribution >= 4 is 12.4 Å². The minimum atomic E-state index is -1.10. The molecule has 25 heavy (non-hydrogen) atoms. The molecule has 1 aromatic rings. The molecule has 0 heterocycles. The number of hydrogen-bond donors (Lipinski definition) is 0. The molecule has 1 aromatic carbocycles. The van der Waals surface area contributed by atoms with Gasteiger partial charge < -0.3 is 14.2 Å². The van der Waals surface area contributed by atoms with Crippen LogP contribution < -0.4 is 4.74 Å². The molecule has 135 valence electrons. The fourth-order valence-corrected chi connectivity index (χ4v) is 4.59. The Morgan fingerprint density at radius 3 is 2.40 bits per heavy atom. The van der Waals surface area contributed by atoms with Gasteiger partial charge in [-0.15, -0.1) is 0 Å². The van der Waals surface area contributed by atoms with E-state index in [1.807, 2.05) is 0 Å². The van der Waals surface area contributed by atoms with E-state index >= 15 is 0 Å². The van der Waals surface area contributed by atoms with Crippen LogP contribution in [0.2, 0.25) is 0 Å². The summed E-state index contributed by atoms with van der Waals surface area (Å²) in [5, 5.41) is 0. The quantitative estimate of drug-likeness (QED) is 0.738. The van der Waals surface area contributed by atoms with Crippen molar-refractivity contribution in [2.75, 3.05) is 7.11 Å². The molecule has 4 atom stereocenters. The Balaban J connectivity index is 1.77. The molecule has 1 radical (unpaired) electrons. The smallest absolute Gasteiger partial charge is 0.418 e. The van der Waals surface area contributed by atoms with Crippen LogP contribution in [-0.4, -0.2) is 25.7 Å². The first-order chi connectivity index (χ1) is 11.8. The average molecular weight is 345 g/mol. The molecule has 2 fully saturated rings. The van der Waals surface area contributed by atoms with Gasteiger partial charge in [-0.25, -0.2) is 9.59 Å². The van der Waals surface area contributed by atoms with Crippen LogP contribution in [0.15, 0.2) is 24.3 Å². The summed E-state index contributed by atoms with van der Waals surface area (Å²) in [5.74, 6) is 0.685. The maximum atomic E-state index is 12.7. The first kappa shape index (κ1) is 17.8. The molecule has 2 aliphatic carbocycles. The zero-order chi connectivity index (χ0) is 18.2. The SMILES string of the molecule is COc1ccc(C(O[C]=O)C(=O)OC2CC3CCC2(C)C3(C)C)cc1. The summed E-state index contributed by atoms with van der Waals surface area (Å²) in [7, 11) is 1.56. The number of ether oxygens (including phenoxy) is 3. The van der Waals surface area contributed by atoms with Crippen LogP contribution in [0, 0.1) is 16.7 Å². The lowest BCUT2D eigenvalue weighted by atomic mass is 9.70. The van der Waals surface area contributed by atoms with Crippen LogP contribution in [0.4, 0.5) is 0 Å². The molecule has 0 N–H and O–H groups in total. The first-order valence-corrected chi connectivity index (χ1v) is 8.70. The monoisotopic (exact) mass is 345 g/mol. The highest BCUT2D eigenvalue weighted by molar-refractivity contribution is 5.78. The van der Waals surface area contributed by atoms with E-state index < -0.39 is 12.1 Å². The van der Waals surface area contributed by atoms with Gasteiger partial charge in [-0.05, 0) is 42.7 Å². The maximum Gasteiger partial charge on any atom is 0.418 e. The maximum absolute atomic E-state index is 12.7. The van der Waals surface area contributed by atoms with Gasteiger partial charge in [0.05, 0.1) is 7.11 Å². The van der Waals surface area contributed by atoms with Gasteiger partial charge in [0, 0.05) is 11.0 Å². The number of rotatable bonds is 6. The summed E-state index contributed by atoms with van der Waals surface area (Å²) in [6.45, 7) is 8.10. The highest BCUT2D eigenvalue weighted by Crippen LogP contribution is 2.66. The van der Waals surface area contributed by atoms with Crippen molar-refractivity contribution in [3.05, 3.63) is 29.8 Å². The summed E-state index contributed by atoms with van der Waals surface area (Å²) in [5.41, 5.74) is 0.648. The van der Waals surface area contributed by atoms with E-state index in [0.717, 1.165) is 12.8 Å². The lowest BCUT2D eigenvalue weighted by molar-refractivity contribution is -0.166. The third-order valence-corrected chi connectivity index (χ3v) is 6.77. The minimum absolute atomic E-state index is 0.0390. The summed E-state index contributed by atoms with van der Waals surface area (Å²) >= 11 is 0. The second-order valence-corrected chi connectivity index (χ2v) is 7.89. The third-order valence-electron chi connectivity index (χ3n) is 6.77. The average Bonchev–Trinajstić information content (AvgIpc) is 2.93. The van der Waals surface area contributed by atoms with E-state index in [2.05, 4.69) is 20.8 Å². The molecule has 4 unspecified atom stereocenters. The van der Waals surface area contributed by atoms with E-state index in [-0.39, 0.29) is 16.9 Å². The summed E-state index contributed by atoms with van der Waals surface area (Å²) in [4.78, 5) is 23.5. The third kappa shape index (κ3) is 2.79. The molecule has 2 saturated carbocycles. The number of carbonyl (C=O) groups is 1. The summed E-state index contributed by atoms with van der Waals surface area (Å²) in [6, 6.07) is 6.81. The minimum Gasteiger partial charge on any atom is -0.497 e. The molecule has 0 aromatic heterocycles. The van der Waals surface area contributed by atoms with Crippen LogP contribution >= 0.6 is 0 Å². The Morgan fingerprint density at radius 1 is 1.24 bits per heavy atom. The van der Waals surface area contributed by atoms with Gasteiger partial charge >= 0.3 is 12.4 Å². The Kier molecular flexibility index (Phi) is 4.52. The van der Waals surface area contributed by atoms with E-state index in [1.54, 1.807) is 31.4 Å². The first-order valence-electron chi connectivity index (χ1n) is 8.70. The Morgan fingerprint density at radius 2 is 1.92 bits per heavy atom. The molecule has 5 nitrogen and oxygen atoms in total. The molecule has 2 bridgehead atoms. The van der Waals surface area contributed by atoms with E-state index in [0.29, 0.717) is 17.2 Å². The van der Waals surface area contributed by atoms with E-state index in [4.69, 9.17) is 14.2 Å². The molecule has 0 aliphatic heterocycles. The number of carbonyl (C=O) groups excluding carboxylic acids is 2. The van der Waals surface area contributed by atoms with Crippen molar-refractivity contribution in [1.29, 1.82) is 0 Å². The van der Waals surface area contributed by atoms with Gasteiger partial charge in [0.25, 0.3) is 0 Å². The van der Waals surface area contributed by atoms with Crippen molar-refractivity contribution in [3.8, 4) is 5.75 Å². The largest absolute Gasteiger partial charge is 0.497 e. The number of esters is 1. The normalized spacial score (nSPS) is 30.6. The fraction of sp³-hybridized carbons (Fsp3) is 0.600. The van der Waals surface area contributed by atoms with Crippen LogP contribution in [0.25, 0.3) is 0 Å². The van der Waals surface area contributed by atoms with Crippen molar-refractivity contribution in [3.63, 3.8) is 0 Å².